The summed E-state index contributed by atoms with van der Waals surface area (Å²) >= 11 is 0. The Hall–Kier alpha value is 1.06. The van der Waals surface area contributed by atoms with Crippen LogP contribution in [0, 0.1) is 0 Å². The van der Waals surface area contributed by atoms with Gasteiger partial charge in [0.1, 0.15) is 0 Å². The quantitative estimate of drug-likeness (QED) is 0.198. The fourth-order valence-electron chi connectivity index (χ4n) is 3.57. The van der Waals surface area contributed by atoms with E-state index in [1.54, 1.807) is 0 Å². The second-order valence-electron chi connectivity index (χ2n) is 10.6. The van der Waals surface area contributed by atoms with Gasteiger partial charge >= 0.3 is 17.1 Å². The Balaban J connectivity index is 3.99. The largest absolute Gasteiger partial charge is 0.440 e. The van der Waals surface area contributed by atoms with Crippen molar-refractivity contribution >= 4 is 51.8 Å². The molecule has 0 aromatic carbocycles. The summed E-state index contributed by atoms with van der Waals surface area (Å²) < 4.78 is 36.8. The third kappa shape index (κ3) is 17.6. The second-order valence-corrected chi connectivity index (χ2v) is 31.9. The van der Waals surface area contributed by atoms with Crippen molar-refractivity contribution in [2.24, 2.45) is 0 Å². The molecule has 0 heterocycles. The maximum Gasteiger partial charge on any atom is 0.310 e. The van der Waals surface area contributed by atoms with Crippen LogP contribution in [-0.2, 0) is 25.9 Å². The fraction of sp³-hybridized carbons (Fsp3) is 1.00. The minimum absolute atomic E-state index is 0.631. The molecule has 0 saturated carbocycles. The molecule has 0 aromatic heterocycles. The molecule has 0 bridgehead atoms. The van der Waals surface area contributed by atoms with Crippen molar-refractivity contribution in [3.05, 3.63) is 0 Å². The Labute approximate surface area is 194 Å². The molecule has 0 aromatic rings. The van der Waals surface area contributed by atoms with Crippen LogP contribution in [0.2, 0.25) is 90.7 Å². The van der Waals surface area contributed by atoms with E-state index >= 15 is 0 Å². The zero-order valence-electron chi connectivity index (χ0n) is 21.8. The molecule has 182 valence electrons. The van der Waals surface area contributed by atoms with Crippen molar-refractivity contribution in [1.29, 1.82) is 0 Å². The van der Waals surface area contributed by atoms with Crippen LogP contribution in [0.3, 0.4) is 0 Å². The molecule has 0 atom stereocenters. The van der Waals surface area contributed by atoms with Crippen molar-refractivity contribution in [3.8, 4) is 0 Å². The maximum absolute atomic E-state index is 6.45. The fourth-order valence-corrected chi connectivity index (χ4v) is 26.6. The van der Waals surface area contributed by atoms with Crippen molar-refractivity contribution in [3.63, 3.8) is 0 Å². The van der Waals surface area contributed by atoms with Crippen molar-refractivity contribution in [2.75, 3.05) is 26.4 Å². The van der Waals surface area contributed by atoms with E-state index in [1.165, 1.54) is 0 Å². The van der Waals surface area contributed by atoms with Crippen LogP contribution in [0.25, 0.3) is 0 Å². The van der Waals surface area contributed by atoms with E-state index in [9.17, 15) is 0 Å². The molecule has 0 rings (SSSR count). The van der Waals surface area contributed by atoms with Gasteiger partial charge in [0, 0.05) is 13.2 Å². The van der Waals surface area contributed by atoms with Crippen molar-refractivity contribution in [1.82, 2.24) is 0 Å². The van der Waals surface area contributed by atoms with Crippen LogP contribution in [-0.4, -0.2) is 78.3 Å². The third-order valence-electron chi connectivity index (χ3n) is 4.15. The van der Waals surface area contributed by atoms with Crippen LogP contribution in [0.15, 0.2) is 0 Å². The van der Waals surface area contributed by atoms with Crippen LogP contribution in [0.5, 0.6) is 0 Å². The molecule has 0 fully saturated rings. The predicted octanol–water partition coefficient (Wildman–Crippen LogP) is 4.87. The average molecular weight is 531 g/mol. The summed E-state index contributed by atoms with van der Waals surface area (Å²) in [5.41, 5.74) is 0. The molecular formula is C18H50O6Si6. The first kappa shape index (κ1) is 31.1. The van der Waals surface area contributed by atoms with Gasteiger partial charge in [0.25, 0.3) is 0 Å². The minimum atomic E-state index is -2.00. The zero-order chi connectivity index (χ0) is 23.6. The monoisotopic (exact) mass is 530 g/mol. The highest BCUT2D eigenvalue weighted by Gasteiger charge is 2.36. The molecule has 0 aliphatic rings. The smallest absolute Gasteiger partial charge is 0.310 e. The number of ether oxygens (including phenoxy) is 2. The normalized spacial score (nSPS) is 14.2. The van der Waals surface area contributed by atoms with E-state index in [-0.39, 0.29) is 0 Å². The number of hydrogen-bond acceptors (Lipinski definition) is 6. The van der Waals surface area contributed by atoms with E-state index < -0.39 is 51.8 Å². The lowest BCUT2D eigenvalue weighted by Gasteiger charge is -2.35. The van der Waals surface area contributed by atoms with Gasteiger partial charge in [0.15, 0.2) is 34.7 Å². The Morgan fingerprint density at radius 2 is 0.800 bits per heavy atom. The van der Waals surface area contributed by atoms with E-state index in [1.807, 2.05) is 0 Å². The van der Waals surface area contributed by atoms with Crippen LogP contribution in [0.1, 0.15) is 0 Å². The first-order valence-electron chi connectivity index (χ1n) is 11.4. The lowest BCUT2D eigenvalue weighted by Crippen LogP contribution is -2.49. The highest BCUT2D eigenvalue weighted by Crippen LogP contribution is 2.21. The molecule has 0 radical (unpaired) electrons. The minimum Gasteiger partial charge on any atom is -0.440 e. The van der Waals surface area contributed by atoms with E-state index in [4.69, 9.17) is 25.9 Å². The number of rotatable bonds is 17. The zero-order valence-corrected chi connectivity index (χ0v) is 28.2. The summed E-state index contributed by atoms with van der Waals surface area (Å²) in [6.07, 6.45) is 0. The summed E-state index contributed by atoms with van der Waals surface area (Å²) in [5.74, 6) is 0. The van der Waals surface area contributed by atoms with Gasteiger partial charge in [-0.3, -0.25) is 0 Å². The van der Waals surface area contributed by atoms with Crippen molar-refractivity contribution < 1.29 is 25.9 Å². The summed E-state index contributed by atoms with van der Waals surface area (Å²) in [6, 6.07) is 1.97. The Morgan fingerprint density at radius 3 is 1.07 bits per heavy atom. The highest BCUT2D eigenvalue weighted by atomic mass is 28.5. The van der Waals surface area contributed by atoms with E-state index in [2.05, 4.69) is 78.6 Å². The van der Waals surface area contributed by atoms with Gasteiger partial charge in [-0.2, -0.15) is 0 Å². The maximum atomic E-state index is 6.45. The number of hydrogen-bond donors (Lipinski definition) is 0. The van der Waals surface area contributed by atoms with Gasteiger partial charge in [0.2, 0.25) is 0 Å². The topological polar surface area (TPSA) is 55.4 Å². The third-order valence-corrected chi connectivity index (χ3v) is 23.6. The standard InChI is InChI=1S/C18H50O6Si6/c1-25(2)21-29(9,10)23-27(5,6)17-15-19-13-14-20-16-18-28(7,8)24-30(11,12)22-26(3)4/h25-26H,13-18H2,1-12H3. The van der Waals surface area contributed by atoms with Crippen LogP contribution in [0.4, 0.5) is 0 Å². The molecule has 0 aliphatic heterocycles. The molecule has 0 spiro atoms. The summed E-state index contributed by atoms with van der Waals surface area (Å²) in [7, 11) is -9.66. The van der Waals surface area contributed by atoms with Gasteiger partial charge in [-0.05, 0) is 90.7 Å². The van der Waals surface area contributed by atoms with Gasteiger partial charge in [0.05, 0.1) is 13.2 Å². The molecule has 0 aliphatic carbocycles. The van der Waals surface area contributed by atoms with Gasteiger partial charge in [-0.15, -0.1) is 0 Å². The summed E-state index contributed by atoms with van der Waals surface area (Å²) in [5, 5.41) is 0. The summed E-state index contributed by atoms with van der Waals surface area (Å²) in [6.45, 7) is 29.2. The van der Waals surface area contributed by atoms with Gasteiger partial charge in [-0.1, -0.05) is 0 Å². The van der Waals surface area contributed by atoms with Crippen LogP contribution < -0.4 is 0 Å². The lowest BCUT2D eigenvalue weighted by atomic mass is 10.7. The van der Waals surface area contributed by atoms with Crippen molar-refractivity contribution in [2.45, 2.75) is 90.7 Å². The molecule has 0 unspecified atom stereocenters. The molecular weight excluding hydrogens is 481 g/mol. The first-order chi connectivity index (χ1) is 13.5. The van der Waals surface area contributed by atoms with E-state index in [0.717, 1.165) is 25.3 Å². The SMILES string of the molecule is C[SiH](C)O[Si](C)(C)O[Si](C)(C)CCOCCOCC[Si](C)(C)O[Si](C)(C)O[SiH](C)C. The predicted molar refractivity (Wildman–Crippen MR) is 143 cm³/mol. The summed E-state index contributed by atoms with van der Waals surface area (Å²) in [4.78, 5) is 0. The molecule has 0 N–H and O–H groups in total. The molecule has 6 nitrogen and oxygen atoms in total. The lowest BCUT2D eigenvalue weighted by molar-refractivity contribution is 0.0566. The second kappa shape index (κ2) is 13.7. The van der Waals surface area contributed by atoms with Gasteiger partial charge < -0.3 is 25.9 Å². The molecule has 12 heteroatoms. The Morgan fingerprint density at radius 1 is 0.500 bits per heavy atom. The average Bonchev–Trinajstić information content (AvgIpc) is 2.44. The van der Waals surface area contributed by atoms with E-state index in [0.29, 0.717) is 13.2 Å². The first-order valence-corrected chi connectivity index (χ1v) is 28.8. The highest BCUT2D eigenvalue weighted by molar-refractivity contribution is 6.85. The molecule has 0 saturated heterocycles. The Bertz CT molecular complexity index is 432. The Kier molecular flexibility index (Phi) is 14.2. The molecule has 30 heavy (non-hydrogen) atoms. The van der Waals surface area contributed by atoms with Gasteiger partial charge in [-0.25, -0.2) is 0 Å². The van der Waals surface area contributed by atoms with Crippen LogP contribution >= 0.6 is 0 Å². The molecule has 0 amide bonds.